The van der Waals surface area contributed by atoms with Crippen LogP contribution >= 0.6 is 0 Å². The van der Waals surface area contributed by atoms with Crippen LogP contribution in [-0.2, 0) is 28.6 Å². The molecule has 6 heteroatoms. The van der Waals surface area contributed by atoms with Gasteiger partial charge in [0.25, 0.3) is 0 Å². The van der Waals surface area contributed by atoms with Crippen LogP contribution < -0.4 is 0 Å². The summed E-state index contributed by atoms with van der Waals surface area (Å²) >= 11 is 0. The third-order valence-electron chi connectivity index (χ3n) is 12.7. The van der Waals surface area contributed by atoms with Gasteiger partial charge in [-0.05, 0) is 83.5 Å². The van der Waals surface area contributed by atoms with Gasteiger partial charge in [0.2, 0.25) is 0 Å². The van der Waals surface area contributed by atoms with Crippen molar-refractivity contribution in [1.82, 2.24) is 0 Å². The molecule has 0 saturated heterocycles. The average molecular weight is 964 g/mol. The maximum absolute atomic E-state index is 12.9. The molecule has 0 aliphatic carbocycles. The third kappa shape index (κ3) is 55.6. The topological polar surface area (TPSA) is 78.9 Å². The van der Waals surface area contributed by atoms with E-state index >= 15 is 0 Å². The van der Waals surface area contributed by atoms with Crippen molar-refractivity contribution in [2.24, 2.45) is 0 Å². The summed E-state index contributed by atoms with van der Waals surface area (Å²) in [6.45, 7) is 6.43. The van der Waals surface area contributed by atoms with Crippen molar-refractivity contribution in [1.29, 1.82) is 0 Å². The van der Waals surface area contributed by atoms with Gasteiger partial charge in [-0.2, -0.15) is 0 Å². The van der Waals surface area contributed by atoms with Crippen LogP contribution in [-0.4, -0.2) is 37.2 Å². The van der Waals surface area contributed by atoms with Gasteiger partial charge in [-0.25, -0.2) is 0 Å². The van der Waals surface area contributed by atoms with Crippen molar-refractivity contribution in [3.63, 3.8) is 0 Å². The van der Waals surface area contributed by atoms with Gasteiger partial charge in [-0.3, -0.25) is 14.4 Å². The maximum atomic E-state index is 12.9. The molecule has 0 N–H and O–H groups in total. The molecule has 1 atom stereocenters. The van der Waals surface area contributed by atoms with Gasteiger partial charge in [-0.15, -0.1) is 0 Å². The van der Waals surface area contributed by atoms with Crippen molar-refractivity contribution in [2.45, 2.75) is 297 Å². The molecule has 398 valence electrons. The molecular weight excluding hydrogens is 853 g/mol. The first-order chi connectivity index (χ1) is 34.0. The number of esters is 3. The van der Waals surface area contributed by atoms with Gasteiger partial charge >= 0.3 is 17.9 Å². The zero-order chi connectivity index (χ0) is 50.0. The Labute approximate surface area is 427 Å². The summed E-state index contributed by atoms with van der Waals surface area (Å²) in [7, 11) is 0. The highest BCUT2D eigenvalue weighted by atomic mass is 16.6. The molecule has 1 unspecified atom stereocenters. The number of allylic oxidation sites excluding steroid dienone is 12. The normalized spacial score (nSPS) is 12.6. The summed E-state index contributed by atoms with van der Waals surface area (Å²) in [5.41, 5.74) is 0. The minimum Gasteiger partial charge on any atom is -0.462 e. The van der Waals surface area contributed by atoms with Crippen LogP contribution in [0, 0.1) is 0 Å². The Balaban J connectivity index is 4.38. The first kappa shape index (κ1) is 65.8. The number of rotatable bonds is 53. The summed E-state index contributed by atoms with van der Waals surface area (Å²) in [5.74, 6) is -0.899. The molecule has 69 heavy (non-hydrogen) atoms. The van der Waals surface area contributed by atoms with E-state index in [0.29, 0.717) is 19.3 Å². The van der Waals surface area contributed by atoms with Crippen molar-refractivity contribution in [3.8, 4) is 0 Å². The lowest BCUT2D eigenvalue weighted by Gasteiger charge is -2.18. The fraction of sp³-hybridized carbons (Fsp3) is 0.762. The number of hydrogen-bond acceptors (Lipinski definition) is 6. The Morgan fingerprint density at radius 1 is 0.304 bits per heavy atom. The highest BCUT2D eigenvalue weighted by molar-refractivity contribution is 5.71. The van der Waals surface area contributed by atoms with E-state index in [1.807, 2.05) is 0 Å². The Hall–Kier alpha value is -3.15. The Kier molecular flexibility index (Phi) is 54.8. The fourth-order valence-electron chi connectivity index (χ4n) is 8.36. The number of unbranched alkanes of at least 4 members (excludes halogenated alkanes) is 30. The zero-order valence-electron chi connectivity index (χ0n) is 45.6. The maximum Gasteiger partial charge on any atom is 0.306 e. The largest absolute Gasteiger partial charge is 0.462 e. The van der Waals surface area contributed by atoms with Gasteiger partial charge in [-0.1, -0.05) is 261 Å². The molecule has 0 amide bonds. The zero-order valence-corrected chi connectivity index (χ0v) is 45.6. The van der Waals surface area contributed by atoms with E-state index in [4.69, 9.17) is 14.2 Å². The quantitative estimate of drug-likeness (QED) is 0.0262. The molecule has 0 heterocycles. The summed E-state index contributed by atoms with van der Waals surface area (Å²) < 4.78 is 16.9. The monoisotopic (exact) mass is 963 g/mol. The number of carbonyl (C=O) groups is 3. The fourth-order valence-corrected chi connectivity index (χ4v) is 8.36. The number of carbonyl (C=O) groups excluding carboxylic acids is 3. The summed E-state index contributed by atoms with van der Waals surface area (Å²) in [6.07, 6.45) is 73.2. The molecule has 0 fully saturated rings. The highest BCUT2D eigenvalue weighted by Crippen LogP contribution is 2.16. The smallest absolute Gasteiger partial charge is 0.306 e. The lowest BCUT2D eigenvalue weighted by Crippen LogP contribution is -2.30. The Morgan fingerprint density at radius 2 is 0.565 bits per heavy atom. The second-order valence-electron chi connectivity index (χ2n) is 19.5. The summed E-state index contributed by atoms with van der Waals surface area (Å²) in [6, 6.07) is 0. The molecule has 0 rings (SSSR count). The molecule has 0 aromatic carbocycles. The lowest BCUT2D eigenvalue weighted by molar-refractivity contribution is -0.167. The van der Waals surface area contributed by atoms with E-state index in [2.05, 4.69) is 93.7 Å². The molecule has 0 aromatic heterocycles. The van der Waals surface area contributed by atoms with Crippen molar-refractivity contribution < 1.29 is 28.6 Å². The van der Waals surface area contributed by atoms with Crippen LogP contribution in [0.1, 0.15) is 290 Å². The number of ether oxygens (including phenoxy) is 3. The van der Waals surface area contributed by atoms with Crippen LogP contribution in [0.3, 0.4) is 0 Å². The third-order valence-corrected chi connectivity index (χ3v) is 12.7. The molecule has 0 aromatic rings. The first-order valence-corrected chi connectivity index (χ1v) is 29.4. The van der Waals surface area contributed by atoms with E-state index in [-0.39, 0.29) is 31.1 Å². The second-order valence-corrected chi connectivity index (χ2v) is 19.5. The van der Waals surface area contributed by atoms with E-state index < -0.39 is 6.10 Å². The van der Waals surface area contributed by atoms with Crippen molar-refractivity contribution >= 4 is 17.9 Å². The highest BCUT2D eigenvalue weighted by Gasteiger charge is 2.19. The van der Waals surface area contributed by atoms with E-state index in [0.717, 1.165) is 122 Å². The second kappa shape index (κ2) is 57.4. The van der Waals surface area contributed by atoms with Gasteiger partial charge in [0.1, 0.15) is 13.2 Å². The van der Waals surface area contributed by atoms with E-state index in [1.165, 1.54) is 128 Å². The predicted molar refractivity (Wildman–Crippen MR) is 298 cm³/mol. The molecule has 0 radical (unpaired) electrons. The van der Waals surface area contributed by atoms with Crippen molar-refractivity contribution in [3.05, 3.63) is 72.9 Å². The molecule has 0 aliphatic heterocycles. The van der Waals surface area contributed by atoms with Gasteiger partial charge in [0, 0.05) is 19.3 Å². The van der Waals surface area contributed by atoms with Crippen LogP contribution in [0.4, 0.5) is 0 Å². The van der Waals surface area contributed by atoms with Crippen LogP contribution in [0.5, 0.6) is 0 Å². The lowest BCUT2D eigenvalue weighted by atomic mass is 10.0. The number of hydrogen-bond donors (Lipinski definition) is 0. The van der Waals surface area contributed by atoms with Crippen LogP contribution in [0.15, 0.2) is 72.9 Å². The molecule has 0 bridgehead atoms. The van der Waals surface area contributed by atoms with E-state index in [1.54, 1.807) is 0 Å². The van der Waals surface area contributed by atoms with Crippen LogP contribution in [0.25, 0.3) is 0 Å². The van der Waals surface area contributed by atoms with Gasteiger partial charge in [0.05, 0.1) is 0 Å². The first-order valence-electron chi connectivity index (χ1n) is 29.4. The molecular formula is C63H110O6. The summed E-state index contributed by atoms with van der Waals surface area (Å²) in [4.78, 5) is 38.2. The SMILES string of the molecule is CC/C=C\C/C=C\C/C=C\CCCCCCCCCC(=O)OC(COC(=O)CCCCCCC/C=C\C/C=C\C/C=C\CC)COC(=O)CCCCCCCCCCCCCCCCCCCCC. The van der Waals surface area contributed by atoms with E-state index in [9.17, 15) is 14.4 Å². The van der Waals surface area contributed by atoms with Gasteiger partial charge in [0.15, 0.2) is 6.10 Å². The predicted octanol–water partition coefficient (Wildman–Crippen LogP) is 19.8. The van der Waals surface area contributed by atoms with Crippen LogP contribution in [0.2, 0.25) is 0 Å². The molecule has 6 nitrogen and oxygen atoms in total. The average Bonchev–Trinajstić information content (AvgIpc) is 3.35. The summed E-state index contributed by atoms with van der Waals surface area (Å²) in [5, 5.41) is 0. The Morgan fingerprint density at radius 3 is 0.884 bits per heavy atom. The molecule has 0 saturated carbocycles. The molecule has 0 aliphatic rings. The Bertz CT molecular complexity index is 1290. The van der Waals surface area contributed by atoms with Crippen molar-refractivity contribution in [2.75, 3.05) is 13.2 Å². The molecule has 0 spiro atoms. The minimum absolute atomic E-state index is 0.0828. The standard InChI is InChI=1S/C63H110O6/c1-4-7-10-13-16-19-22-25-28-30-31-33-35-38-41-44-47-50-53-56-62(65)68-59-60(58-67-61(64)55-52-49-46-43-40-37-34-27-24-21-18-15-12-9-6-3)69-63(66)57-54-51-48-45-42-39-36-32-29-26-23-20-17-14-11-8-5-2/h8-9,11-12,17-18,20-21,26-27,29,34,60H,4-7,10,13-16,19,22-25,28,30-33,35-59H2,1-3H3/b11-8-,12-9-,20-17-,21-18-,29-26-,34-27-. The van der Waals surface area contributed by atoms with Gasteiger partial charge < -0.3 is 14.2 Å². The minimum atomic E-state index is -0.787.